The second-order valence-corrected chi connectivity index (χ2v) is 7.54. The standard InChI is InChI=1S/C14H21ClN2O3S/c1-4-11(5-2)17-14(18)9(3)21(19,20)13-7-6-10(16)8-12(13)15/h6-9,11H,4-5,16H2,1-3H3,(H,17,18). The van der Waals surface area contributed by atoms with E-state index >= 15 is 0 Å². The normalized spacial score (nSPS) is 13.2. The number of rotatable bonds is 6. The minimum atomic E-state index is -3.85. The minimum absolute atomic E-state index is 0.0252. The summed E-state index contributed by atoms with van der Waals surface area (Å²) < 4.78 is 25.0. The lowest BCUT2D eigenvalue weighted by molar-refractivity contribution is -0.121. The molecule has 0 heterocycles. The molecule has 1 amide bonds. The van der Waals surface area contributed by atoms with E-state index in [1.807, 2.05) is 13.8 Å². The molecule has 0 aliphatic carbocycles. The highest BCUT2D eigenvalue weighted by Crippen LogP contribution is 2.27. The number of halogens is 1. The van der Waals surface area contributed by atoms with Crippen LogP contribution in [0.4, 0.5) is 5.69 Å². The summed E-state index contributed by atoms with van der Waals surface area (Å²) in [5.74, 6) is -0.517. The molecule has 0 fully saturated rings. The maximum absolute atomic E-state index is 12.5. The van der Waals surface area contributed by atoms with E-state index in [4.69, 9.17) is 17.3 Å². The van der Waals surface area contributed by atoms with Gasteiger partial charge in [-0.25, -0.2) is 8.42 Å². The van der Waals surface area contributed by atoms with Gasteiger partial charge in [0.25, 0.3) is 0 Å². The number of carbonyl (C=O) groups is 1. The number of nitrogens with two attached hydrogens (primary N) is 1. The van der Waals surface area contributed by atoms with Gasteiger partial charge in [-0.1, -0.05) is 25.4 Å². The number of amides is 1. The Kier molecular flexibility index (Phi) is 6.04. The minimum Gasteiger partial charge on any atom is -0.399 e. The maximum atomic E-state index is 12.5. The highest BCUT2D eigenvalue weighted by Gasteiger charge is 2.32. The van der Waals surface area contributed by atoms with Gasteiger partial charge >= 0.3 is 0 Å². The van der Waals surface area contributed by atoms with Gasteiger partial charge in [-0.15, -0.1) is 0 Å². The van der Waals surface area contributed by atoms with Crippen molar-refractivity contribution in [3.05, 3.63) is 23.2 Å². The molecule has 7 heteroatoms. The summed E-state index contributed by atoms with van der Waals surface area (Å²) in [4.78, 5) is 12.0. The van der Waals surface area contributed by atoms with Crippen LogP contribution in [-0.2, 0) is 14.6 Å². The first-order valence-electron chi connectivity index (χ1n) is 6.83. The van der Waals surface area contributed by atoms with Gasteiger partial charge in [0.1, 0.15) is 5.25 Å². The fourth-order valence-electron chi connectivity index (χ4n) is 1.89. The van der Waals surface area contributed by atoms with Crippen molar-refractivity contribution in [2.24, 2.45) is 0 Å². The molecule has 3 N–H and O–H groups in total. The van der Waals surface area contributed by atoms with Gasteiger partial charge < -0.3 is 11.1 Å². The smallest absolute Gasteiger partial charge is 0.238 e. The molecule has 21 heavy (non-hydrogen) atoms. The van der Waals surface area contributed by atoms with Gasteiger partial charge in [-0.2, -0.15) is 0 Å². The zero-order chi connectivity index (χ0) is 16.2. The molecule has 5 nitrogen and oxygen atoms in total. The highest BCUT2D eigenvalue weighted by molar-refractivity contribution is 7.92. The van der Waals surface area contributed by atoms with E-state index in [1.165, 1.54) is 25.1 Å². The Balaban J connectivity index is 3.04. The van der Waals surface area contributed by atoms with Crippen LogP contribution in [0.1, 0.15) is 33.6 Å². The van der Waals surface area contributed by atoms with Crippen molar-refractivity contribution in [3.8, 4) is 0 Å². The SMILES string of the molecule is CCC(CC)NC(=O)C(C)S(=O)(=O)c1ccc(N)cc1Cl. The molecule has 0 spiro atoms. The van der Waals surface area contributed by atoms with Crippen LogP contribution in [0.3, 0.4) is 0 Å². The van der Waals surface area contributed by atoms with Crippen molar-refractivity contribution in [2.75, 3.05) is 5.73 Å². The Labute approximate surface area is 130 Å². The number of nitrogens with one attached hydrogen (secondary N) is 1. The van der Waals surface area contributed by atoms with Crippen molar-refractivity contribution in [2.45, 2.75) is 49.8 Å². The quantitative estimate of drug-likeness (QED) is 0.783. The van der Waals surface area contributed by atoms with Crippen LogP contribution in [0.25, 0.3) is 0 Å². The van der Waals surface area contributed by atoms with Crippen LogP contribution in [0.5, 0.6) is 0 Å². The third kappa shape index (κ3) is 4.11. The monoisotopic (exact) mass is 332 g/mol. The predicted octanol–water partition coefficient (Wildman–Crippen LogP) is 2.39. The van der Waals surface area contributed by atoms with Gasteiger partial charge in [-0.3, -0.25) is 4.79 Å². The van der Waals surface area contributed by atoms with Gasteiger partial charge in [0.2, 0.25) is 5.91 Å². The Hall–Kier alpha value is -1.27. The second-order valence-electron chi connectivity index (χ2n) is 4.90. The summed E-state index contributed by atoms with van der Waals surface area (Å²) in [7, 11) is -3.85. The molecule has 1 rings (SSSR count). The number of carbonyl (C=O) groups excluding carboxylic acids is 1. The zero-order valence-electron chi connectivity index (χ0n) is 12.4. The number of anilines is 1. The highest BCUT2D eigenvalue weighted by atomic mass is 35.5. The third-order valence-electron chi connectivity index (χ3n) is 3.43. The molecular formula is C14H21ClN2O3S. The van der Waals surface area contributed by atoms with Crippen LogP contribution < -0.4 is 11.1 Å². The molecule has 0 saturated heterocycles. The number of sulfone groups is 1. The van der Waals surface area contributed by atoms with E-state index in [0.717, 1.165) is 12.8 Å². The summed E-state index contributed by atoms with van der Waals surface area (Å²) in [5.41, 5.74) is 5.92. The number of benzene rings is 1. The molecular weight excluding hydrogens is 312 g/mol. The molecule has 1 aromatic rings. The van der Waals surface area contributed by atoms with Crippen molar-refractivity contribution in [3.63, 3.8) is 0 Å². The van der Waals surface area contributed by atoms with Crippen LogP contribution in [0, 0.1) is 0 Å². The van der Waals surface area contributed by atoms with E-state index in [1.54, 1.807) is 0 Å². The van der Waals surface area contributed by atoms with Crippen molar-refractivity contribution < 1.29 is 13.2 Å². The molecule has 0 aliphatic heterocycles. The average Bonchev–Trinajstić information content (AvgIpc) is 2.43. The Morgan fingerprint density at radius 2 is 1.90 bits per heavy atom. The van der Waals surface area contributed by atoms with Crippen molar-refractivity contribution in [1.29, 1.82) is 0 Å². The fraction of sp³-hybridized carbons (Fsp3) is 0.500. The Bertz CT molecular complexity index is 613. The lowest BCUT2D eigenvalue weighted by Crippen LogP contribution is -2.43. The molecule has 118 valence electrons. The lowest BCUT2D eigenvalue weighted by atomic mass is 10.2. The average molecular weight is 333 g/mol. The number of hydrogen-bond donors (Lipinski definition) is 2. The maximum Gasteiger partial charge on any atom is 0.238 e. The van der Waals surface area contributed by atoms with E-state index < -0.39 is 21.0 Å². The number of hydrogen-bond acceptors (Lipinski definition) is 4. The molecule has 0 bridgehead atoms. The summed E-state index contributed by atoms with van der Waals surface area (Å²) in [6.45, 7) is 5.23. The third-order valence-corrected chi connectivity index (χ3v) is 5.97. The molecule has 0 aliphatic rings. The van der Waals surface area contributed by atoms with Crippen LogP contribution >= 0.6 is 11.6 Å². The van der Waals surface area contributed by atoms with Crippen molar-refractivity contribution >= 4 is 33.0 Å². The van der Waals surface area contributed by atoms with E-state index in [9.17, 15) is 13.2 Å². The Morgan fingerprint density at radius 1 is 1.33 bits per heavy atom. The van der Waals surface area contributed by atoms with Crippen molar-refractivity contribution in [1.82, 2.24) is 5.32 Å². The first-order chi connectivity index (χ1) is 9.73. The summed E-state index contributed by atoms with van der Waals surface area (Å²) in [6.07, 6.45) is 1.50. The Morgan fingerprint density at radius 3 is 2.38 bits per heavy atom. The van der Waals surface area contributed by atoms with E-state index in [0.29, 0.717) is 5.69 Å². The summed E-state index contributed by atoms with van der Waals surface area (Å²) in [6, 6.07) is 4.11. The molecule has 0 radical (unpaired) electrons. The molecule has 0 aromatic heterocycles. The largest absolute Gasteiger partial charge is 0.399 e. The lowest BCUT2D eigenvalue weighted by Gasteiger charge is -2.19. The zero-order valence-corrected chi connectivity index (χ0v) is 14.0. The van der Waals surface area contributed by atoms with E-state index in [-0.39, 0.29) is 16.0 Å². The van der Waals surface area contributed by atoms with Crippen LogP contribution in [0.15, 0.2) is 23.1 Å². The van der Waals surface area contributed by atoms with Crippen LogP contribution in [-0.4, -0.2) is 25.6 Å². The molecule has 1 atom stereocenters. The molecule has 0 saturated carbocycles. The summed E-state index contributed by atoms with van der Waals surface area (Å²) in [5, 5.41) is 1.55. The first kappa shape index (κ1) is 17.8. The first-order valence-corrected chi connectivity index (χ1v) is 8.75. The summed E-state index contributed by atoms with van der Waals surface area (Å²) >= 11 is 5.93. The van der Waals surface area contributed by atoms with Gasteiger partial charge in [0.15, 0.2) is 9.84 Å². The molecule has 1 aromatic carbocycles. The van der Waals surface area contributed by atoms with E-state index in [2.05, 4.69) is 5.32 Å². The topological polar surface area (TPSA) is 89.3 Å². The van der Waals surface area contributed by atoms with Gasteiger partial charge in [-0.05, 0) is 38.0 Å². The van der Waals surface area contributed by atoms with Gasteiger partial charge in [0.05, 0.1) is 9.92 Å². The number of nitrogen functional groups attached to an aromatic ring is 1. The fourth-order valence-corrected chi connectivity index (χ4v) is 3.72. The van der Waals surface area contributed by atoms with Crippen LogP contribution in [0.2, 0.25) is 5.02 Å². The predicted molar refractivity (Wildman–Crippen MR) is 85.0 cm³/mol. The molecule has 1 unspecified atom stereocenters. The second kappa shape index (κ2) is 7.13. The van der Waals surface area contributed by atoms with Gasteiger partial charge in [0, 0.05) is 11.7 Å².